The van der Waals surface area contributed by atoms with Gasteiger partial charge in [0, 0.05) is 16.9 Å². The van der Waals surface area contributed by atoms with E-state index in [1.54, 1.807) is 12.4 Å². The summed E-state index contributed by atoms with van der Waals surface area (Å²) in [6.07, 6.45) is 3.15. The van der Waals surface area contributed by atoms with E-state index in [0.29, 0.717) is 11.0 Å². The van der Waals surface area contributed by atoms with Crippen LogP contribution in [0.3, 0.4) is 0 Å². The summed E-state index contributed by atoms with van der Waals surface area (Å²) in [6.45, 7) is 2.03. The summed E-state index contributed by atoms with van der Waals surface area (Å²) in [5.74, 6) is 0.550. The monoisotopic (exact) mass is 297 g/mol. The highest BCUT2D eigenvalue weighted by atomic mass is 79.9. The second-order valence-electron chi connectivity index (χ2n) is 3.30. The van der Waals surface area contributed by atoms with E-state index < -0.39 is 0 Å². The normalized spacial score (nSPS) is 10.2. The largest absolute Gasteiger partial charge is 0.337 e. The number of rotatable bonds is 2. The van der Waals surface area contributed by atoms with Crippen LogP contribution in [-0.2, 0) is 0 Å². The fourth-order valence-corrected chi connectivity index (χ4v) is 2.00. The number of aryl methyl sites for hydroxylation is 1. The second-order valence-corrected chi connectivity index (χ2v) is 4.52. The highest BCUT2D eigenvalue weighted by Gasteiger charge is 2.05. The standard InChI is InChI=1S/C11H9BrClN3/c1-7-2-3-9(8(12)6-7)16-11-10(13)14-4-5-15-11/h2-6H,1H3,(H,15,16). The summed E-state index contributed by atoms with van der Waals surface area (Å²) >= 11 is 9.38. The van der Waals surface area contributed by atoms with E-state index in [9.17, 15) is 0 Å². The minimum atomic E-state index is 0.356. The van der Waals surface area contributed by atoms with E-state index in [0.717, 1.165) is 10.2 Å². The predicted octanol–water partition coefficient (Wildman–Crippen LogP) is 3.94. The van der Waals surface area contributed by atoms with E-state index >= 15 is 0 Å². The van der Waals surface area contributed by atoms with E-state index in [1.165, 1.54) is 5.56 Å². The molecule has 0 radical (unpaired) electrons. The van der Waals surface area contributed by atoms with Crippen LogP contribution in [0.15, 0.2) is 35.1 Å². The van der Waals surface area contributed by atoms with Gasteiger partial charge in [0.05, 0.1) is 5.69 Å². The molecule has 1 aromatic heterocycles. The molecule has 0 fully saturated rings. The Morgan fingerprint density at radius 1 is 1.25 bits per heavy atom. The van der Waals surface area contributed by atoms with Crippen molar-refractivity contribution in [1.29, 1.82) is 0 Å². The fourth-order valence-electron chi connectivity index (χ4n) is 1.25. The third kappa shape index (κ3) is 2.51. The Bertz CT molecular complexity index is 516. The van der Waals surface area contributed by atoms with Gasteiger partial charge in [0.15, 0.2) is 11.0 Å². The van der Waals surface area contributed by atoms with E-state index in [4.69, 9.17) is 11.6 Å². The van der Waals surface area contributed by atoms with E-state index in [-0.39, 0.29) is 0 Å². The van der Waals surface area contributed by atoms with Gasteiger partial charge in [0.2, 0.25) is 0 Å². The first-order chi connectivity index (χ1) is 7.66. The molecule has 0 atom stereocenters. The third-order valence-corrected chi connectivity index (χ3v) is 2.96. The summed E-state index contributed by atoms with van der Waals surface area (Å²) in [5.41, 5.74) is 2.09. The molecule has 0 spiro atoms. The summed E-state index contributed by atoms with van der Waals surface area (Å²) < 4.78 is 0.967. The molecule has 1 aromatic carbocycles. The average Bonchev–Trinajstić information content (AvgIpc) is 2.25. The van der Waals surface area contributed by atoms with Crippen molar-refractivity contribution in [3.63, 3.8) is 0 Å². The molecule has 0 saturated carbocycles. The molecule has 0 bridgehead atoms. The van der Waals surface area contributed by atoms with Gasteiger partial charge in [-0.05, 0) is 40.5 Å². The molecule has 1 N–H and O–H groups in total. The summed E-state index contributed by atoms with van der Waals surface area (Å²) in [4.78, 5) is 8.06. The van der Waals surface area contributed by atoms with Crippen molar-refractivity contribution in [3.05, 3.63) is 45.8 Å². The zero-order valence-electron chi connectivity index (χ0n) is 8.54. The number of aromatic nitrogens is 2. The van der Waals surface area contributed by atoms with Crippen LogP contribution in [-0.4, -0.2) is 9.97 Å². The first-order valence-electron chi connectivity index (χ1n) is 4.66. The lowest BCUT2D eigenvalue weighted by Gasteiger charge is -2.08. The highest BCUT2D eigenvalue weighted by molar-refractivity contribution is 9.10. The predicted molar refractivity (Wildman–Crippen MR) is 69.2 cm³/mol. The Balaban J connectivity index is 2.31. The average molecular weight is 299 g/mol. The van der Waals surface area contributed by atoms with E-state index in [1.807, 2.05) is 25.1 Å². The molecule has 3 nitrogen and oxygen atoms in total. The van der Waals surface area contributed by atoms with E-state index in [2.05, 4.69) is 31.2 Å². The van der Waals surface area contributed by atoms with Crippen molar-refractivity contribution in [2.75, 3.05) is 5.32 Å². The molecule has 2 rings (SSSR count). The lowest BCUT2D eigenvalue weighted by molar-refractivity contribution is 1.20. The minimum absolute atomic E-state index is 0.356. The zero-order chi connectivity index (χ0) is 11.5. The van der Waals surface area contributed by atoms with Crippen molar-refractivity contribution in [3.8, 4) is 0 Å². The van der Waals surface area contributed by atoms with Gasteiger partial charge in [-0.25, -0.2) is 9.97 Å². The van der Waals surface area contributed by atoms with Crippen LogP contribution in [0.4, 0.5) is 11.5 Å². The first kappa shape index (κ1) is 11.4. The lowest BCUT2D eigenvalue weighted by Crippen LogP contribution is -1.96. The number of halogens is 2. The molecular formula is C11H9BrClN3. The molecule has 5 heteroatoms. The molecule has 82 valence electrons. The Labute approximate surface area is 107 Å². The van der Waals surface area contributed by atoms with Gasteiger partial charge in [0.1, 0.15) is 0 Å². The van der Waals surface area contributed by atoms with Gasteiger partial charge in [-0.15, -0.1) is 0 Å². The number of hydrogen-bond acceptors (Lipinski definition) is 3. The lowest BCUT2D eigenvalue weighted by atomic mass is 10.2. The molecule has 0 aliphatic rings. The van der Waals surface area contributed by atoms with Crippen molar-refractivity contribution in [2.24, 2.45) is 0 Å². The maximum atomic E-state index is 5.91. The molecular weight excluding hydrogens is 289 g/mol. The van der Waals surface area contributed by atoms with Gasteiger partial charge < -0.3 is 5.32 Å². The van der Waals surface area contributed by atoms with Crippen LogP contribution >= 0.6 is 27.5 Å². The number of anilines is 2. The molecule has 1 heterocycles. The van der Waals surface area contributed by atoms with Crippen molar-refractivity contribution < 1.29 is 0 Å². The summed E-state index contributed by atoms with van der Waals surface area (Å²) in [7, 11) is 0. The molecule has 0 unspecified atom stereocenters. The van der Waals surface area contributed by atoms with Gasteiger partial charge >= 0.3 is 0 Å². The summed E-state index contributed by atoms with van der Waals surface area (Å²) in [5, 5.41) is 3.47. The van der Waals surface area contributed by atoms with Gasteiger partial charge in [-0.3, -0.25) is 0 Å². The van der Waals surface area contributed by atoms with Crippen LogP contribution in [0.25, 0.3) is 0 Å². The number of nitrogens with one attached hydrogen (secondary N) is 1. The van der Waals surface area contributed by atoms with Crippen LogP contribution in [0.1, 0.15) is 5.56 Å². The van der Waals surface area contributed by atoms with Crippen LogP contribution < -0.4 is 5.32 Å². The highest BCUT2D eigenvalue weighted by Crippen LogP contribution is 2.27. The Kier molecular flexibility index (Phi) is 3.41. The van der Waals surface area contributed by atoms with Crippen molar-refractivity contribution >= 4 is 39.0 Å². The van der Waals surface area contributed by atoms with Crippen molar-refractivity contribution in [2.45, 2.75) is 6.92 Å². The van der Waals surface area contributed by atoms with Crippen LogP contribution in [0.2, 0.25) is 5.15 Å². The zero-order valence-corrected chi connectivity index (χ0v) is 10.9. The Morgan fingerprint density at radius 3 is 2.69 bits per heavy atom. The number of benzene rings is 1. The maximum Gasteiger partial charge on any atom is 0.171 e. The summed E-state index contributed by atoms with van der Waals surface area (Å²) in [6, 6.07) is 5.99. The molecule has 0 aliphatic heterocycles. The molecule has 0 aliphatic carbocycles. The van der Waals surface area contributed by atoms with Crippen LogP contribution in [0.5, 0.6) is 0 Å². The van der Waals surface area contributed by atoms with Gasteiger partial charge in [-0.1, -0.05) is 17.7 Å². The van der Waals surface area contributed by atoms with Gasteiger partial charge in [0.25, 0.3) is 0 Å². The second kappa shape index (κ2) is 4.80. The Hall–Kier alpha value is -1.13. The fraction of sp³-hybridized carbons (Fsp3) is 0.0909. The topological polar surface area (TPSA) is 37.8 Å². The SMILES string of the molecule is Cc1ccc(Nc2nccnc2Cl)c(Br)c1. The number of nitrogens with zero attached hydrogens (tertiary/aromatic N) is 2. The molecule has 0 amide bonds. The third-order valence-electron chi connectivity index (χ3n) is 2.03. The minimum Gasteiger partial charge on any atom is -0.337 e. The first-order valence-corrected chi connectivity index (χ1v) is 5.83. The quantitative estimate of drug-likeness (QED) is 0.912. The number of hydrogen-bond donors (Lipinski definition) is 1. The smallest absolute Gasteiger partial charge is 0.171 e. The van der Waals surface area contributed by atoms with Crippen LogP contribution in [0, 0.1) is 6.92 Å². The molecule has 0 saturated heterocycles. The Morgan fingerprint density at radius 2 is 2.00 bits per heavy atom. The molecule has 2 aromatic rings. The molecule has 16 heavy (non-hydrogen) atoms. The maximum absolute atomic E-state index is 5.91. The van der Waals surface area contributed by atoms with Gasteiger partial charge in [-0.2, -0.15) is 0 Å². The van der Waals surface area contributed by atoms with Crippen molar-refractivity contribution in [1.82, 2.24) is 9.97 Å².